The summed E-state index contributed by atoms with van der Waals surface area (Å²) in [6, 6.07) is -0.272. The second kappa shape index (κ2) is 6.70. The lowest BCUT2D eigenvalue weighted by Crippen LogP contribution is -2.49. The molecule has 6 nitrogen and oxygen atoms in total. The van der Waals surface area contributed by atoms with Crippen molar-refractivity contribution in [1.29, 1.82) is 0 Å². The van der Waals surface area contributed by atoms with Crippen molar-refractivity contribution in [3.05, 3.63) is 0 Å². The van der Waals surface area contributed by atoms with Gasteiger partial charge in [-0.2, -0.15) is 0 Å². The number of carbonyl (C=O) groups excluding carboxylic acids is 1. The fourth-order valence-corrected chi connectivity index (χ4v) is 2.28. The van der Waals surface area contributed by atoms with Gasteiger partial charge in [-0.1, -0.05) is 6.42 Å². The normalized spacial score (nSPS) is 27.1. The van der Waals surface area contributed by atoms with Crippen LogP contribution in [-0.4, -0.2) is 49.8 Å². The van der Waals surface area contributed by atoms with E-state index in [1.54, 1.807) is 14.0 Å². The summed E-state index contributed by atoms with van der Waals surface area (Å²) < 4.78 is 4.85. The number of hydrogen-bond acceptors (Lipinski definition) is 4. The molecule has 1 aliphatic carbocycles. The maximum Gasteiger partial charge on any atom is 0.311 e. The minimum absolute atomic E-state index is 0.162. The highest BCUT2D eigenvalue weighted by Gasteiger charge is 2.45. The third kappa shape index (κ3) is 3.68. The predicted octanol–water partition coefficient (Wildman–Crippen LogP) is -0.0180. The number of hydrogen-bond donors (Lipinski definition) is 3. The van der Waals surface area contributed by atoms with Gasteiger partial charge in [0.2, 0.25) is 5.91 Å². The summed E-state index contributed by atoms with van der Waals surface area (Å²) in [4.78, 5) is 22.9. The first-order valence-electron chi connectivity index (χ1n) is 6.23. The van der Waals surface area contributed by atoms with E-state index in [2.05, 4.69) is 10.6 Å². The zero-order valence-electron chi connectivity index (χ0n) is 11.0. The minimum atomic E-state index is -0.836. The molecular weight excluding hydrogens is 236 g/mol. The van der Waals surface area contributed by atoms with Gasteiger partial charge in [0.1, 0.15) is 0 Å². The van der Waals surface area contributed by atoms with Crippen LogP contribution in [0.1, 0.15) is 26.2 Å². The van der Waals surface area contributed by atoms with Gasteiger partial charge in [-0.05, 0) is 19.8 Å². The summed E-state index contributed by atoms with van der Waals surface area (Å²) in [5.41, 5.74) is -0.831. The quantitative estimate of drug-likeness (QED) is 0.559. The highest BCUT2D eigenvalue weighted by molar-refractivity contribution is 5.81. The Kier molecular flexibility index (Phi) is 5.55. The lowest BCUT2D eigenvalue weighted by atomic mass is 9.85. The third-order valence-electron chi connectivity index (χ3n) is 3.55. The highest BCUT2D eigenvalue weighted by atomic mass is 16.5. The van der Waals surface area contributed by atoms with E-state index in [9.17, 15) is 14.7 Å². The van der Waals surface area contributed by atoms with Crippen LogP contribution in [0.3, 0.4) is 0 Å². The molecular formula is C12H22N2O4. The second-order valence-electron chi connectivity index (χ2n) is 4.90. The fourth-order valence-electron chi connectivity index (χ4n) is 2.28. The van der Waals surface area contributed by atoms with Crippen molar-refractivity contribution in [2.75, 3.05) is 26.8 Å². The van der Waals surface area contributed by atoms with Gasteiger partial charge in [0, 0.05) is 19.7 Å². The summed E-state index contributed by atoms with van der Waals surface area (Å²) in [5, 5.41) is 15.0. The molecule has 1 fully saturated rings. The highest BCUT2D eigenvalue weighted by Crippen LogP contribution is 2.38. The van der Waals surface area contributed by atoms with Gasteiger partial charge in [0.15, 0.2) is 0 Å². The van der Waals surface area contributed by atoms with Gasteiger partial charge in [0.25, 0.3) is 0 Å². The van der Waals surface area contributed by atoms with Gasteiger partial charge >= 0.3 is 5.97 Å². The smallest absolute Gasteiger partial charge is 0.311 e. The van der Waals surface area contributed by atoms with E-state index in [1.165, 1.54) is 0 Å². The van der Waals surface area contributed by atoms with Crippen LogP contribution >= 0.6 is 0 Å². The fraction of sp³-hybridized carbons (Fsp3) is 0.833. The number of aliphatic carboxylic acids is 1. The molecule has 0 saturated heterocycles. The topological polar surface area (TPSA) is 87.7 Å². The first kappa shape index (κ1) is 14.9. The Hall–Kier alpha value is -1.14. The standard InChI is InChI=1S/C12H22N2O4/c1-12(11(16)17)5-3-4-9(12)14-10(15)8-13-6-7-18-2/h9,13H,3-8H2,1-2H3,(H,14,15)(H,16,17). The Morgan fingerprint density at radius 3 is 2.83 bits per heavy atom. The van der Waals surface area contributed by atoms with E-state index in [4.69, 9.17) is 4.74 Å². The molecule has 0 bridgehead atoms. The number of methoxy groups -OCH3 is 1. The van der Waals surface area contributed by atoms with Gasteiger partial charge in [0.05, 0.1) is 18.6 Å². The van der Waals surface area contributed by atoms with E-state index in [1.807, 2.05) is 0 Å². The van der Waals surface area contributed by atoms with Crippen molar-refractivity contribution in [1.82, 2.24) is 10.6 Å². The molecule has 0 aromatic heterocycles. The Morgan fingerprint density at radius 2 is 2.22 bits per heavy atom. The molecule has 0 spiro atoms. The molecule has 0 aromatic rings. The molecule has 18 heavy (non-hydrogen) atoms. The predicted molar refractivity (Wildman–Crippen MR) is 66.3 cm³/mol. The molecule has 6 heteroatoms. The van der Waals surface area contributed by atoms with Crippen molar-refractivity contribution < 1.29 is 19.4 Å². The number of carbonyl (C=O) groups is 2. The number of rotatable bonds is 7. The molecule has 3 N–H and O–H groups in total. The summed E-state index contributed by atoms with van der Waals surface area (Å²) in [6.07, 6.45) is 2.18. The zero-order chi connectivity index (χ0) is 13.6. The lowest BCUT2D eigenvalue weighted by molar-refractivity contribution is -0.149. The van der Waals surface area contributed by atoms with Crippen molar-refractivity contribution >= 4 is 11.9 Å². The first-order chi connectivity index (χ1) is 8.50. The third-order valence-corrected chi connectivity index (χ3v) is 3.55. The average molecular weight is 258 g/mol. The molecule has 1 rings (SSSR count). The summed E-state index contributed by atoms with van der Waals surface area (Å²) in [5.74, 6) is -0.997. The monoisotopic (exact) mass is 258 g/mol. The average Bonchev–Trinajstić information content (AvgIpc) is 2.68. The molecule has 0 heterocycles. The van der Waals surface area contributed by atoms with E-state index < -0.39 is 11.4 Å². The molecule has 1 saturated carbocycles. The number of carboxylic acids is 1. The SMILES string of the molecule is COCCNCC(=O)NC1CCCC1(C)C(=O)O. The molecule has 1 amide bonds. The van der Waals surface area contributed by atoms with Crippen LogP contribution in [0.5, 0.6) is 0 Å². The van der Waals surface area contributed by atoms with Gasteiger partial charge in [-0.25, -0.2) is 0 Å². The summed E-state index contributed by atoms with van der Waals surface area (Å²) >= 11 is 0. The van der Waals surface area contributed by atoms with Crippen molar-refractivity contribution in [3.63, 3.8) is 0 Å². The molecule has 2 atom stereocenters. The molecule has 0 radical (unpaired) electrons. The van der Waals surface area contributed by atoms with Crippen molar-refractivity contribution in [2.45, 2.75) is 32.2 Å². The van der Waals surface area contributed by atoms with Gasteiger partial charge < -0.3 is 20.5 Å². The Labute approximate surface area is 107 Å². The van der Waals surface area contributed by atoms with Crippen LogP contribution < -0.4 is 10.6 Å². The van der Waals surface area contributed by atoms with Crippen LogP contribution in [0.2, 0.25) is 0 Å². The van der Waals surface area contributed by atoms with E-state index in [0.29, 0.717) is 19.6 Å². The largest absolute Gasteiger partial charge is 0.481 e. The minimum Gasteiger partial charge on any atom is -0.481 e. The van der Waals surface area contributed by atoms with Crippen LogP contribution in [0.4, 0.5) is 0 Å². The van der Waals surface area contributed by atoms with Crippen LogP contribution in [-0.2, 0) is 14.3 Å². The van der Waals surface area contributed by atoms with Crippen molar-refractivity contribution in [2.24, 2.45) is 5.41 Å². The van der Waals surface area contributed by atoms with Gasteiger partial charge in [-0.3, -0.25) is 9.59 Å². The number of amides is 1. The number of ether oxygens (including phenoxy) is 1. The van der Waals surface area contributed by atoms with Gasteiger partial charge in [-0.15, -0.1) is 0 Å². The summed E-state index contributed by atoms with van der Waals surface area (Å²) in [7, 11) is 1.60. The molecule has 1 aliphatic rings. The van der Waals surface area contributed by atoms with Crippen molar-refractivity contribution in [3.8, 4) is 0 Å². The molecule has 2 unspecified atom stereocenters. The Bertz CT molecular complexity index is 308. The maximum absolute atomic E-state index is 11.7. The first-order valence-corrected chi connectivity index (χ1v) is 6.23. The molecule has 0 aliphatic heterocycles. The van der Waals surface area contributed by atoms with E-state index in [0.717, 1.165) is 12.8 Å². The summed E-state index contributed by atoms with van der Waals surface area (Å²) in [6.45, 7) is 3.04. The van der Waals surface area contributed by atoms with Crippen LogP contribution in [0.15, 0.2) is 0 Å². The molecule has 104 valence electrons. The van der Waals surface area contributed by atoms with Crippen LogP contribution in [0.25, 0.3) is 0 Å². The number of carboxylic acid groups (broad SMARTS) is 1. The van der Waals surface area contributed by atoms with E-state index in [-0.39, 0.29) is 18.5 Å². The Balaban J connectivity index is 2.37. The second-order valence-corrected chi connectivity index (χ2v) is 4.90. The zero-order valence-corrected chi connectivity index (χ0v) is 11.0. The van der Waals surface area contributed by atoms with Crippen LogP contribution in [0, 0.1) is 5.41 Å². The lowest BCUT2D eigenvalue weighted by Gasteiger charge is -2.27. The molecule has 0 aromatic carbocycles. The Morgan fingerprint density at radius 1 is 1.50 bits per heavy atom. The van der Waals surface area contributed by atoms with E-state index >= 15 is 0 Å². The maximum atomic E-state index is 11.7. The number of nitrogens with one attached hydrogen (secondary N) is 2.